The standard InChI is InChI=1S/C15H16ClN3O2S/c1-15(14(17)21,8-2-4-18-7-8)13(20)11-6-10-12(22-11)9(16)3-5-19-10/h3,5-6,8,18H,2,4,7H2,1H3,(H2,17,21). The Balaban J connectivity index is 2.05. The molecule has 0 saturated carbocycles. The van der Waals surface area contributed by atoms with Crippen LogP contribution in [0.4, 0.5) is 0 Å². The molecular formula is C15H16ClN3O2S. The highest BCUT2D eigenvalue weighted by molar-refractivity contribution is 7.21. The Hall–Kier alpha value is -1.50. The minimum Gasteiger partial charge on any atom is -0.369 e. The van der Waals surface area contributed by atoms with E-state index in [0.29, 0.717) is 22.0 Å². The number of halogens is 1. The van der Waals surface area contributed by atoms with Gasteiger partial charge in [-0.05, 0) is 44.5 Å². The van der Waals surface area contributed by atoms with Gasteiger partial charge in [0.25, 0.3) is 0 Å². The fraction of sp³-hybridized carbons (Fsp3) is 0.400. The fourth-order valence-corrected chi connectivity index (χ4v) is 4.27. The maximum atomic E-state index is 13.0. The molecule has 0 bridgehead atoms. The molecule has 1 saturated heterocycles. The SMILES string of the molecule is CC(C(N)=O)(C(=O)c1cc2nccc(Cl)c2s1)C1CCNC1. The van der Waals surface area contributed by atoms with Crippen LogP contribution in [0.2, 0.25) is 5.02 Å². The van der Waals surface area contributed by atoms with E-state index < -0.39 is 11.3 Å². The van der Waals surface area contributed by atoms with Crippen molar-refractivity contribution in [3.05, 3.63) is 28.2 Å². The Morgan fingerprint density at radius 2 is 2.32 bits per heavy atom. The molecule has 2 unspecified atom stereocenters. The molecule has 5 nitrogen and oxygen atoms in total. The van der Waals surface area contributed by atoms with Crippen molar-refractivity contribution in [3.63, 3.8) is 0 Å². The molecule has 1 aliphatic heterocycles. The third-order valence-corrected chi connectivity index (χ3v) is 6.03. The highest BCUT2D eigenvalue weighted by atomic mass is 35.5. The molecule has 1 fully saturated rings. The maximum Gasteiger partial charge on any atom is 0.231 e. The highest BCUT2D eigenvalue weighted by Gasteiger charge is 2.48. The van der Waals surface area contributed by atoms with Crippen molar-refractivity contribution < 1.29 is 9.59 Å². The third-order valence-electron chi connectivity index (χ3n) is 4.45. The summed E-state index contributed by atoms with van der Waals surface area (Å²) < 4.78 is 0.754. The smallest absolute Gasteiger partial charge is 0.231 e. The van der Waals surface area contributed by atoms with Gasteiger partial charge in [-0.2, -0.15) is 0 Å². The summed E-state index contributed by atoms with van der Waals surface area (Å²) in [6.45, 7) is 3.06. The first kappa shape index (κ1) is 15.4. The van der Waals surface area contributed by atoms with Crippen molar-refractivity contribution in [2.75, 3.05) is 13.1 Å². The Labute approximate surface area is 136 Å². The van der Waals surface area contributed by atoms with E-state index in [1.165, 1.54) is 11.3 Å². The zero-order chi connectivity index (χ0) is 15.9. The van der Waals surface area contributed by atoms with Crippen molar-refractivity contribution in [1.29, 1.82) is 0 Å². The van der Waals surface area contributed by atoms with Crippen LogP contribution in [0.25, 0.3) is 10.2 Å². The van der Waals surface area contributed by atoms with Gasteiger partial charge in [0, 0.05) is 6.20 Å². The van der Waals surface area contributed by atoms with Crippen molar-refractivity contribution in [2.45, 2.75) is 13.3 Å². The van der Waals surface area contributed by atoms with Gasteiger partial charge in [0.1, 0.15) is 5.41 Å². The van der Waals surface area contributed by atoms with Gasteiger partial charge in [0.15, 0.2) is 5.78 Å². The molecule has 0 spiro atoms. The summed E-state index contributed by atoms with van der Waals surface area (Å²) >= 11 is 7.40. The molecule has 1 amide bonds. The van der Waals surface area contributed by atoms with Crippen LogP contribution in [-0.2, 0) is 4.79 Å². The number of aromatic nitrogens is 1. The summed E-state index contributed by atoms with van der Waals surface area (Å²) in [7, 11) is 0. The van der Waals surface area contributed by atoms with Crippen LogP contribution in [0.1, 0.15) is 23.0 Å². The molecule has 2 aromatic heterocycles. The molecule has 0 aliphatic carbocycles. The van der Waals surface area contributed by atoms with Crippen LogP contribution in [0.5, 0.6) is 0 Å². The molecular weight excluding hydrogens is 322 g/mol. The maximum absolute atomic E-state index is 13.0. The number of primary amides is 1. The van der Waals surface area contributed by atoms with Crippen LogP contribution in [-0.4, -0.2) is 29.8 Å². The topological polar surface area (TPSA) is 85.1 Å². The number of amides is 1. The van der Waals surface area contributed by atoms with Gasteiger partial charge >= 0.3 is 0 Å². The van der Waals surface area contributed by atoms with E-state index >= 15 is 0 Å². The third kappa shape index (κ3) is 2.31. The molecule has 3 heterocycles. The molecule has 3 N–H and O–H groups in total. The first-order valence-electron chi connectivity index (χ1n) is 7.04. The Morgan fingerprint density at radius 3 is 2.91 bits per heavy atom. The molecule has 3 rings (SSSR count). The Kier molecular flexibility index (Phi) is 3.92. The molecule has 2 aromatic rings. The predicted octanol–water partition coefficient (Wildman–Crippen LogP) is 2.23. The van der Waals surface area contributed by atoms with Gasteiger partial charge in [-0.1, -0.05) is 11.6 Å². The number of hydrogen-bond acceptors (Lipinski definition) is 5. The minimum atomic E-state index is -1.21. The molecule has 0 radical (unpaired) electrons. The summed E-state index contributed by atoms with van der Waals surface area (Å²) in [6, 6.07) is 3.38. The molecule has 22 heavy (non-hydrogen) atoms. The van der Waals surface area contributed by atoms with E-state index in [-0.39, 0.29) is 11.7 Å². The first-order valence-corrected chi connectivity index (χ1v) is 8.23. The number of pyridine rings is 1. The number of thiophene rings is 1. The van der Waals surface area contributed by atoms with Crippen LogP contribution < -0.4 is 11.1 Å². The number of fused-ring (bicyclic) bond motifs is 1. The number of nitrogens with two attached hydrogens (primary N) is 1. The van der Waals surface area contributed by atoms with Gasteiger partial charge in [-0.3, -0.25) is 14.6 Å². The van der Waals surface area contributed by atoms with E-state index in [4.69, 9.17) is 17.3 Å². The van der Waals surface area contributed by atoms with E-state index in [0.717, 1.165) is 17.7 Å². The van der Waals surface area contributed by atoms with Crippen molar-refractivity contribution >= 4 is 44.8 Å². The van der Waals surface area contributed by atoms with Gasteiger partial charge < -0.3 is 11.1 Å². The second-order valence-corrected chi connectivity index (χ2v) is 7.16. The van der Waals surface area contributed by atoms with E-state index in [9.17, 15) is 9.59 Å². The van der Waals surface area contributed by atoms with E-state index in [1.54, 1.807) is 25.3 Å². The molecule has 7 heteroatoms. The lowest BCUT2D eigenvalue weighted by Gasteiger charge is -2.29. The lowest BCUT2D eigenvalue weighted by Crippen LogP contribution is -2.47. The van der Waals surface area contributed by atoms with Crippen LogP contribution >= 0.6 is 22.9 Å². The van der Waals surface area contributed by atoms with E-state index in [2.05, 4.69) is 10.3 Å². The Bertz CT molecular complexity index is 754. The van der Waals surface area contributed by atoms with Crippen molar-refractivity contribution in [2.24, 2.45) is 17.1 Å². The molecule has 1 aliphatic rings. The van der Waals surface area contributed by atoms with Crippen molar-refractivity contribution in [3.8, 4) is 0 Å². The highest BCUT2D eigenvalue weighted by Crippen LogP contribution is 2.39. The zero-order valence-electron chi connectivity index (χ0n) is 12.1. The quantitative estimate of drug-likeness (QED) is 0.662. The van der Waals surface area contributed by atoms with Crippen LogP contribution in [0, 0.1) is 11.3 Å². The van der Waals surface area contributed by atoms with Gasteiger partial charge in [0.2, 0.25) is 5.91 Å². The first-order chi connectivity index (χ1) is 10.4. The monoisotopic (exact) mass is 337 g/mol. The number of Topliss-reactive ketones (excluding diaryl/α,β-unsaturated/α-hetero) is 1. The molecule has 116 valence electrons. The summed E-state index contributed by atoms with van der Waals surface area (Å²) in [5.74, 6) is -0.915. The predicted molar refractivity (Wildman–Crippen MR) is 87.2 cm³/mol. The second kappa shape index (κ2) is 5.61. The van der Waals surface area contributed by atoms with Crippen molar-refractivity contribution in [1.82, 2.24) is 10.3 Å². The number of hydrogen-bond donors (Lipinski definition) is 2. The largest absolute Gasteiger partial charge is 0.369 e. The molecule has 0 aromatic carbocycles. The number of nitrogens with zero attached hydrogens (tertiary/aromatic N) is 1. The average molecular weight is 338 g/mol. The number of rotatable bonds is 4. The average Bonchev–Trinajstić information content (AvgIpc) is 3.15. The molecule has 2 atom stereocenters. The summed E-state index contributed by atoms with van der Waals surface area (Å²) in [5, 5.41) is 3.74. The van der Waals surface area contributed by atoms with Crippen LogP contribution in [0.15, 0.2) is 18.3 Å². The summed E-state index contributed by atoms with van der Waals surface area (Å²) in [5.41, 5.74) is 5.04. The van der Waals surface area contributed by atoms with E-state index in [1.807, 2.05) is 0 Å². The summed E-state index contributed by atoms with van der Waals surface area (Å²) in [4.78, 5) is 29.7. The number of ketones is 1. The van der Waals surface area contributed by atoms with Gasteiger partial charge in [-0.15, -0.1) is 11.3 Å². The minimum absolute atomic E-state index is 0.0915. The lowest BCUT2D eigenvalue weighted by molar-refractivity contribution is -0.126. The summed E-state index contributed by atoms with van der Waals surface area (Å²) in [6.07, 6.45) is 2.36. The Morgan fingerprint density at radius 1 is 1.55 bits per heavy atom. The normalized spacial score (nSPS) is 20.9. The number of carbonyl (C=O) groups excluding carboxylic acids is 2. The number of nitrogens with one attached hydrogen (secondary N) is 1. The second-order valence-electron chi connectivity index (χ2n) is 5.70. The van der Waals surface area contributed by atoms with Crippen LogP contribution in [0.3, 0.4) is 0 Å². The number of carbonyl (C=O) groups is 2. The lowest BCUT2D eigenvalue weighted by atomic mass is 9.72. The van der Waals surface area contributed by atoms with Gasteiger partial charge in [0.05, 0.1) is 20.1 Å². The zero-order valence-corrected chi connectivity index (χ0v) is 13.6. The fourth-order valence-electron chi connectivity index (χ4n) is 2.92. The van der Waals surface area contributed by atoms with Gasteiger partial charge in [-0.25, -0.2) is 0 Å².